The van der Waals surface area contributed by atoms with Crippen molar-refractivity contribution in [3.05, 3.63) is 12.2 Å². The van der Waals surface area contributed by atoms with E-state index in [9.17, 15) is 4.79 Å². The van der Waals surface area contributed by atoms with Gasteiger partial charge in [-0.1, -0.05) is 76.7 Å². The van der Waals surface area contributed by atoms with Gasteiger partial charge in [0, 0.05) is 6.08 Å². The van der Waals surface area contributed by atoms with Gasteiger partial charge in [0.15, 0.2) is 0 Å². The van der Waals surface area contributed by atoms with Crippen LogP contribution in [0.25, 0.3) is 0 Å². The van der Waals surface area contributed by atoms with Crippen molar-refractivity contribution >= 4 is 5.97 Å². The molecule has 0 atom stereocenters. The molecule has 0 heterocycles. The second-order valence-electron chi connectivity index (χ2n) is 5.92. The van der Waals surface area contributed by atoms with Gasteiger partial charge >= 0.3 is 5.97 Å². The first-order valence-corrected chi connectivity index (χ1v) is 8.20. The van der Waals surface area contributed by atoms with Crippen LogP contribution in [-0.2, 0) is 4.79 Å². The van der Waals surface area contributed by atoms with Crippen molar-refractivity contribution in [3.8, 4) is 0 Å². The van der Waals surface area contributed by atoms with Gasteiger partial charge in [0.25, 0.3) is 0 Å². The molecule has 0 bridgehead atoms. The zero-order chi connectivity index (χ0) is 13.8. The molecule has 0 saturated heterocycles. The van der Waals surface area contributed by atoms with Gasteiger partial charge in [0.05, 0.1) is 0 Å². The normalized spacial score (nSPS) is 22.1. The van der Waals surface area contributed by atoms with E-state index in [0.29, 0.717) is 5.92 Å². The van der Waals surface area contributed by atoms with Crippen LogP contribution in [0.1, 0.15) is 83.5 Å². The monoisotopic (exact) mass is 266 g/mol. The molecular weight excluding hydrogens is 236 g/mol. The molecule has 0 unspecified atom stereocenters. The van der Waals surface area contributed by atoms with Crippen LogP contribution in [0.15, 0.2) is 12.2 Å². The smallest absolute Gasteiger partial charge is 0.327 e. The van der Waals surface area contributed by atoms with Crippen molar-refractivity contribution in [1.82, 2.24) is 0 Å². The van der Waals surface area contributed by atoms with Crippen molar-refractivity contribution in [2.75, 3.05) is 0 Å². The van der Waals surface area contributed by atoms with Gasteiger partial charge in [-0.05, 0) is 18.8 Å². The SMILES string of the molecule is O=C(O)/C=C/C1CCCCCCCCCCCCC1. The Morgan fingerprint density at radius 3 is 1.47 bits per heavy atom. The van der Waals surface area contributed by atoms with Gasteiger partial charge in [-0.25, -0.2) is 4.79 Å². The summed E-state index contributed by atoms with van der Waals surface area (Å²) in [4.78, 5) is 10.6. The highest BCUT2D eigenvalue weighted by Crippen LogP contribution is 2.21. The highest BCUT2D eigenvalue weighted by Gasteiger charge is 2.06. The third kappa shape index (κ3) is 9.75. The van der Waals surface area contributed by atoms with Gasteiger partial charge in [-0.15, -0.1) is 0 Å². The maximum atomic E-state index is 10.6. The first kappa shape index (κ1) is 16.3. The van der Waals surface area contributed by atoms with E-state index in [1.165, 1.54) is 89.5 Å². The van der Waals surface area contributed by atoms with Crippen LogP contribution >= 0.6 is 0 Å². The van der Waals surface area contributed by atoms with E-state index >= 15 is 0 Å². The molecule has 1 aliphatic rings. The summed E-state index contributed by atoms with van der Waals surface area (Å²) in [5.74, 6) is -0.321. The zero-order valence-electron chi connectivity index (χ0n) is 12.3. The molecule has 1 fully saturated rings. The molecule has 19 heavy (non-hydrogen) atoms. The fraction of sp³-hybridized carbons (Fsp3) is 0.824. The van der Waals surface area contributed by atoms with E-state index in [2.05, 4.69) is 0 Å². The molecule has 1 aliphatic carbocycles. The summed E-state index contributed by atoms with van der Waals surface area (Å²) >= 11 is 0. The quantitative estimate of drug-likeness (QED) is 0.686. The van der Waals surface area contributed by atoms with Crippen LogP contribution in [0, 0.1) is 5.92 Å². The summed E-state index contributed by atoms with van der Waals surface area (Å²) in [7, 11) is 0. The van der Waals surface area contributed by atoms with Crippen LogP contribution in [-0.4, -0.2) is 11.1 Å². The Hall–Kier alpha value is -0.790. The fourth-order valence-electron chi connectivity index (χ4n) is 2.96. The van der Waals surface area contributed by atoms with Crippen LogP contribution in [0.5, 0.6) is 0 Å². The van der Waals surface area contributed by atoms with Gasteiger partial charge in [0.2, 0.25) is 0 Å². The van der Waals surface area contributed by atoms with Crippen LogP contribution < -0.4 is 0 Å². The van der Waals surface area contributed by atoms with E-state index in [4.69, 9.17) is 5.11 Å². The predicted molar refractivity (Wildman–Crippen MR) is 80.3 cm³/mol. The first-order chi connectivity index (χ1) is 9.29. The lowest BCUT2D eigenvalue weighted by Gasteiger charge is -2.13. The van der Waals surface area contributed by atoms with Gasteiger partial charge in [-0.3, -0.25) is 0 Å². The van der Waals surface area contributed by atoms with E-state index in [-0.39, 0.29) is 0 Å². The number of hydrogen-bond acceptors (Lipinski definition) is 1. The number of rotatable bonds is 2. The molecule has 1 rings (SSSR count). The van der Waals surface area contributed by atoms with E-state index in [1.807, 2.05) is 6.08 Å². The van der Waals surface area contributed by atoms with E-state index < -0.39 is 5.97 Å². The minimum Gasteiger partial charge on any atom is -0.478 e. The first-order valence-electron chi connectivity index (χ1n) is 8.20. The summed E-state index contributed by atoms with van der Waals surface area (Å²) in [5.41, 5.74) is 0. The lowest BCUT2D eigenvalue weighted by molar-refractivity contribution is -0.131. The number of hydrogen-bond donors (Lipinski definition) is 1. The number of carboxylic acids is 1. The second kappa shape index (κ2) is 11.1. The Balaban J connectivity index is 2.33. The molecular formula is C17H30O2. The molecule has 2 heteroatoms. The maximum Gasteiger partial charge on any atom is 0.327 e. The summed E-state index contributed by atoms with van der Waals surface area (Å²) in [6.07, 6.45) is 20.5. The van der Waals surface area contributed by atoms with E-state index in [0.717, 1.165) is 0 Å². The highest BCUT2D eigenvalue weighted by atomic mass is 16.4. The molecule has 0 spiro atoms. The summed E-state index contributed by atoms with van der Waals surface area (Å²) in [5, 5.41) is 8.73. The lowest BCUT2D eigenvalue weighted by atomic mass is 9.93. The van der Waals surface area contributed by atoms with Gasteiger partial charge < -0.3 is 5.11 Å². The lowest BCUT2D eigenvalue weighted by Crippen LogP contribution is -1.99. The molecule has 1 saturated carbocycles. The third-order valence-corrected chi connectivity index (χ3v) is 4.16. The molecule has 0 aliphatic heterocycles. The fourth-order valence-corrected chi connectivity index (χ4v) is 2.96. The molecule has 110 valence electrons. The molecule has 0 aromatic carbocycles. The predicted octanol–water partition coefficient (Wildman–Crippen LogP) is 5.33. The maximum absolute atomic E-state index is 10.6. The molecule has 2 nitrogen and oxygen atoms in total. The standard InChI is InChI=1S/C17H30O2/c18-17(19)15-14-16-12-10-8-6-4-2-1-3-5-7-9-11-13-16/h14-16H,1-13H2,(H,18,19)/b15-14+. The topological polar surface area (TPSA) is 37.3 Å². The van der Waals surface area contributed by atoms with Crippen molar-refractivity contribution < 1.29 is 9.90 Å². The summed E-state index contributed by atoms with van der Waals surface area (Å²) < 4.78 is 0. The Morgan fingerprint density at radius 2 is 1.11 bits per heavy atom. The molecule has 0 aromatic heterocycles. The largest absolute Gasteiger partial charge is 0.478 e. The average molecular weight is 266 g/mol. The Morgan fingerprint density at radius 1 is 0.737 bits per heavy atom. The van der Waals surface area contributed by atoms with Crippen molar-refractivity contribution in [3.63, 3.8) is 0 Å². The number of carboxylic acid groups (broad SMARTS) is 1. The molecule has 0 radical (unpaired) electrons. The van der Waals surface area contributed by atoms with Crippen molar-refractivity contribution in [1.29, 1.82) is 0 Å². The zero-order valence-corrected chi connectivity index (χ0v) is 12.3. The number of carbonyl (C=O) groups is 1. The third-order valence-electron chi connectivity index (χ3n) is 4.16. The number of allylic oxidation sites excluding steroid dienone is 1. The van der Waals surface area contributed by atoms with Gasteiger partial charge in [0.1, 0.15) is 0 Å². The summed E-state index contributed by atoms with van der Waals surface area (Å²) in [6.45, 7) is 0. The number of aliphatic carboxylic acids is 1. The minimum absolute atomic E-state index is 0.485. The Labute approximate surface area is 118 Å². The van der Waals surface area contributed by atoms with Crippen LogP contribution in [0.4, 0.5) is 0 Å². The van der Waals surface area contributed by atoms with Crippen molar-refractivity contribution in [2.24, 2.45) is 5.92 Å². The Kier molecular flexibility index (Phi) is 9.48. The minimum atomic E-state index is -0.806. The molecule has 0 amide bonds. The Bertz CT molecular complexity index is 244. The van der Waals surface area contributed by atoms with E-state index in [1.54, 1.807) is 0 Å². The van der Waals surface area contributed by atoms with Crippen molar-refractivity contribution in [2.45, 2.75) is 83.5 Å². The van der Waals surface area contributed by atoms with Crippen LogP contribution in [0.2, 0.25) is 0 Å². The highest BCUT2D eigenvalue weighted by molar-refractivity contribution is 5.79. The molecule has 1 N–H and O–H groups in total. The van der Waals surface area contributed by atoms with Gasteiger partial charge in [-0.2, -0.15) is 0 Å². The summed E-state index contributed by atoms with van der Waals surface area (Å²) in [6, 6.07) is 0. The molecule has 0 aromatic rings. The average Bonchev–Trinajstić information content (AvgIpc) is 2.39. The second-order valence-corrected chi connectivity index (χ2v) is 5.92. The van der Waals surface area contributed by atoms with Crippen LogP contribution in [0.3, 0.4) is 0 Å².